The molecule has 0 saturated heterocycles. The maximum atomic E-state index is 13.9. The zero-order valence-corrected chi connectivity index (χ0v) is 26.6. The van der Waals surface area contributed by atoms with E-state index in [0.717, 1.165) is 5.56 Å². The summed E-state index contributed by atoms with van der Waals surface area (Å²) >= 11 is 0. The van der Waals surface area contributed by atoms with Crippen molar-refractivity contribution in [2.75, 3.05) is 42.2 Å². The van der Waals surface area contributed by atoms with E-state index in [-0.39, 0.29) is 38.2 Å². The van der Waals surface area contributed by atoms with Gasteiger partial charge in [0.15, 0.2) is 5.69 Å². The molecule has 5 N–H and O–H groups in total. The van der Waals surface area contributed by atoms with E-state index in [1.165, 1.54) is 0 Å². The molecule has 10 heteroatoms. The number of primary amides is 1. The van der Waals surface area contributed by atoms with Gasteiger partial charge in [0.1, 0.15) is 6.54 Å². The number of quaternary nitrogens is 1. The van der Waals surface area contributed by atoms with Crippen LogP contribution in [0.5, 0.6) is 0 Å². The first-order valence-electron chi connectivity index (χ1n) is 15.8. The molecule has 0 heterocycles. The van der Waals surface area contributed by atoms with Gasteiger partial charge in [0.05, 0.1) is 12.2 Å². The summed E-state index contributed by atoms with van der Waals surface area (Å²) in [6.45, 7) is 0.937. The number of carbonyl (C=O) groups excluding carboxylic acids is 3. The molecule has 48 heavy (non-hydrogen) atoms. The number of hydrogen-bond donors (Lipinski definition) is 4. The highest BCUT2D eigenvalue weighted by atomic mass is 16.2. The molecular weight excluding hydrogens is 602 g/mol. The van der Waals surface area contributed by atoms with Gasteiger partial charge in [0.2, 0.25) is 0 Å². The molecule has 1 atom stereocenters. The summed E-state index contributed by atoms with van der Waals surface area (Å²) in [5.41, 5.74) is 13.0. The fraction of sp³-hybridized carbons (Fsp3) is 0.132. The van der Waals surface area contributed by atoms with Crippen molar-refractivity contribution in [2.45, 2.75) is 6.54 Å². The fourth-order valence-electron chi connectivity index (χ4n) is 5.29. The Labute approximate surface area is 281 Å². The van der Waals surface area contributed by atoms with Gasteiger partial charge in [0, 0.05) is 43.1 Å². The number of hydrogen-bond acceptors (Lipinski definition) is 4. The third-order valence-corrected chi connectivity index (χ3v) is 7.85. The Hall–Kier alpha value is -6.13. The van der Waals surface area contributed by atoms with Gasteiger partial charge in [-0.1, -0.05) is 103 Å². The number of para-hydroxylation sites is 4. The van der Waals surface area contributed by atoms with E-state index >= 15 is 0 Å². The maximum absolute atomic E-state index is 13.9. The van der Waals surface area contributed by atoms with Crippen LogP contribution in [0, 0.1) is 0 Å². The molecule has 0 aromatic heterocycles. The van der Waals surface area contributed by atoms with Crippen LogP contribution in [-0.2, 0) is 6.54 Å². The predicted octanol–water partition coefficient (Wildman–Crippen LogP) is 7.37. The standard InChI is InChI=1S/C38H39N7O3/c39-36(46)45(35-24-14-5-15-25-35,42-34-22-12-4-13-23-34)29-28-43(37(47)40-32-18-8-2-9-19-32)26-27-44(30-31-16-6-1-7-17-31)38(48)41-33-20-10-3-11-21-33/h1-25,42H,26-30H2,(H3-,39,40,41,46,47,48)/p+1. The monoisotopic (exact) mass is 642 g/mol. The van der Waals surface area contributed by atoms with E-state index in [1.807, 2.05) is 140 Å². The fourth-order valence-corrected chi connectivity index (χ4v) is 5.29. The summed E-state index contributed by atoms with van der Waals surface area (Å²) in [7, 11) is 0. The quantitative estimate of drug-likeness (QED) is 0.0792. The highest BCUT2D eigenvalue weighted by molar-refractivity contribution is 5.91. The second kappa shape index (κ2) is 16.4. The van der Waals surface area contributed by atoms with Crippen molar-refractivity contribution in [1.82, 2.24) is 14.4 Å². The molecule has 0 aliphatic rings. The lowest BCUT2D eigenvalue weighted by Crippen LogP contribution is -2.64. The largest absolute Gasteiger partial charge is 0.443 e. The predicted molar refractivity (Wildman–Crippen MR) is 192 cm³/mol. The summed E-state index contributed by atoms with van der Waals surface area (Å²) in [5, 5.41) is 5.93. The molecule has 5 rings (SSSR count). The molecule has 244 valence electrons. The van der Waals surface area contributed by atoms with Gasteiger partial charge in [-0.15, -0.1) is 4.59 Å². The number of rotatable bonds is 13. The molecular formula is C38H40N7O3+. The Bertz CT molecular complexity index is 1740. The van der Waals surface area contributed by atoms with Crippen LogP contribution in [0.25, 0.3) is 0 Å². The van der Waals surface area contributed by atoms with Crippen LogP contribution >= 0.6 is 0 Å². The smallest absolute Gasteiger partial charge is 0.318 e. The lowest BCUT2D eigenvalue weighted by atomic mass is 10.2. The highest BCUT2D eigenvalue weighted by Crippen LogP contribution is 2.25. The van der Waals surface area contributed by atoms with E-state index < -0.39 is 10.6 Å². The molecule has 0 spiro atoms. The molecule has 5 aromatic rings. The van der Waals surface area contributed by atoms with Crippen molar-refractivity contribution in [2.24, 2.45) is 5.73 Å². The van der Waals surface area contributed by atoms with Crippen LogP contribution in [0.15, 0.2) is 152 Å². The Morgan fingerprint density at radius 3 is 1.44 bits per heavy atom. The first-order chi connectivity index (χ1) is 23.4. The minimum atomic E-state index is -0.638. The maximum Gasteiger partial charge on any atom is 0.443 e. The van der Waals surface area contributed by atoms with Crippen LogP contribution in [0.3, 0.4) is 0 Å². The average Bonchev–Trinajstić information content (AvgIpc) is 3.12. The topological polar surface area (TPSA) is 120 Å². The number of anilines is 3. The minimum Gasteiger partial charge on any atom is -0.318 e. The van der Waals surface area contributed by atoms with Gasteiger partial charge in [0.25, 0.3) is 0 Å². The first-order valence-corrected chi connectivity index (χ1v) is 15.8. The normalized spacial score (nSPS) is 11.8. The summed E-state index contributed by atoms with van der Waals surface area (Å²) in [4.78, 5) is 44.1. The molecule has 0 radical (unpaired) electrons. The number of carbonyl (C=O) groups is 3. The Kier molecular flexibility index (Phi) is 11.4. The number of amides is 6. The van der Waals surface area contributed by atoms with Crippen LogP contribution < -0.4 is 26.4 Å². The Balaban J connectivity index is 1.42. The number of nitrogens with two attached hydrogens (primary N) is 1. The second-order valence-corrected chi connectivity index (χ2v) is 11.2. The summed E-state index contributed by atoms with van der Waals surface area (Å²) in [6, 6.07) is 45.3. The van der Waals surface area contributed by atoms with Crippen LogP contribution in [-0.4, -0.2) is 54.1 Å². The molecule has 1 unspecified atom stereocenters. The number of nitrogens with one attached hydrogen (secondary N) is 3. The van der Waals surface area contributed by atoms with Gasteiger partial charge < -0.3 is 26.2 Å². The van der Waals surface area contributed by atoms with Gasteiger partial charge in [-0.25, -0.2) is 19.8 Å². The number of benzene rings is 5. The summed E-state index contributed by atoms with van der Waals surface area (Å²) in [5.74, 6) is 0. The van der Waals surface area contributed by atoms with Crippen molar-refractivity contribution in [3.63, 3.8) is 0 Å². The summed E-state index contributed by atoms with van der Waals surface area (Å²) in [6.07, 6.45) is 0. The zero-order valence-electron chi connectivity index (χ0n) is 26.6. The van der Waals surface area contributed by atoms with E-state index in [0.29, 0.717) is 29.3 Å². The van der Waals surface area contributed by atoms with Gasteiger partial charge >= 0.3 is 18.1 Å². The molecule has 5 aromatic carbocycles. The summed E-state index contributed by atoms with van der Waals surface area (Å²) < 4.78 is -0.442. The zero-order chi connectivity index (χ0) is 33.6. The number of nitrogens with zero attached hydrogens (tertiary/aromatic N) is 3. The van der Waals surface area contributed by atoms with Gasteiger partial charge in [-0.05, 0) is 42.0 Å². The SMILES string of the molecule is NC(=O)[N+](CCN(CCN(Cc1ccccc1)C(=O)Nc1ccccc1)C(=O)Nc1ccccc1)(Nc1ccccc1)c1ccccc1. The minimum absolute atomic E-state index is 0.103. The Morgan fingerprint density at radius 1 is 0.521 bits per heavy atom. The molecule has 0 aliphatic heterocycles. The van der Waals surface area contributed by atoms with Crippen molar-refractivity contribution in [1.29, 1.82) is 0 Å². The lowest BCUT2D eigenvalue weighted by Gasteiger charge is -2.36. The van der Waals surface area contributed by atoms with Crippen molar-refractivity contribution < 1.29 is 14.4 Å². The van der Waals surface area contributed by atoms with Crippen LogP contribution in [0.2, 0.25) is 0 Å². The third kappa shape index (κ3) is 8.99. The molecule has 0 saturated carbocycles. The molecule has 0 aliphatic carbocycles. The van der Waals surface area contributed by atoms with Crippen molar-refractivity contribution >= 4 is 40.8 Å². The van der Waals surface area contributed by atoms with Crippen molar-refractivity contribution in [3.05, 3.63) is 157 Å². The van der Waals surface area contributed by atoms with E-state index in [4.69, 9.17) is 5.73 Å². The van der Waals surface area contributed by atoms with E-state index in [9.17, 15) is 14.4 Å². The lowest BCUT2D eigenvalue weighted by molar-refractivity contribution is 0.179. The third-order valence-electron chi connectivity index (χ3n) is 7.85. The molecule has 0 bridgehead atoms. The van der Waals surface area contributed by atoms with Crippen LogP contribution in [0.1, 0.15) is 5.56 Å². The highest BCUT2D eigenvalue weighted by Gasteiger charge is 2.39. The van der Waals surface area contributed by atoms with E-state index in [2.05, 4.69) is 16.1 Å². The average molecular weight is 643 g/mol. The molecule has 0 fully saturated rings. The molecule has 10 nitrogen and oxygen atoms in total. The molecule has 6 amide bonds. The van der Waals surface area contributed by atoms with Gasteiger partial charge in [-0.2, -0.15) is 0 Å². The van der Waals surface area contributed by atoms with E-state index in [1.54, 1.807) is 21.9 Å². The number of urea groups is 3. The second-order valence-electron chi connectivity index (χ2n) is 11.2. The van der Waals surface area contributed by atoms with Gasteiger partial charge in [-0.3, -0.25) is 0 Å². The van der Waals surface area contributed by atoms with Crippen molar-refractivity contribution in [3.8, 4) is 0 Å². The Morgan fingerprint density at radius 2 is 0.938 bits per heavy atom. The van der Waals surface area contributed by atoms with Crippen LogP contribution in [0.4, 0.5) is 37.1 Å². The first kappa shape index (κ1) is 33.2.